The van der Waals surface area contributed by atoms with Crippen LogP contribution < -0.4 is 10.6 Å². The van der Waals surface area contributed by atoms with Gasteiger partial charge in [0.15, 0.2) is 0 Å². The fraction of sp³-hybridized carbons (Fsp3) is 0.385. The molecular formula is C26H27FN4O4. The Hall–Kier alpha value is -3.93. The van der Waals surface area contributed by atoms with Crippen LogP contribution in [0.4, 0.5) is 14.9 Å². The third-order valence-corrected chi connectivity index (χ3v) is 6.41. The van der Waals surface area contributed by atoms with Gasteiger partial charge in [0.2, 0.25) is 11.8 Å². The molecule has 2 aromatic carbocycles. The standard InChI is InChI=1S/C26H27FN4O4/c1-25(2,27)13-21(30-24(34)35-15-17-8-4-3-5-9-17)22(32)31-16-26(12-18(31)14-28)19-10-6-7-11-20(19)29-23(26)33/h3-11,18,21H,12-13,15-16H2,1-2H3,(H,29,33)(H,30,34)/t18-,21?,26-/m0/s1. The number of para-hydroxylation sites is 1. The Morgan fingerprint density at radius 2 is 1.94 bits per heavy atom. The number of hydrogen-bond donors (Lipinski definition) is 2. The molecule has 35 heavy (non-hydrogen) atoms. The number of anilines is 1. The molecule has 1 fully saturated rings. The lowest BCUT2D eigenvalue weighted by atomic mass is 9.80. The van der Waals surface area contributed by atoms with Crippen LogP contribution in [0.1, 0.15) is 37.8 Å². The normalized spacial score (nSPS) is 21.7. The molecule has 1 spiro atoms. The molecule has 8 nitrogen and oxygen atoms in total. The fourth-order valence-electron chi connectivity index (χ4n) is 4.78. The molecule has 0 aliphatic carbocycles. The maximum atomic E-state index is 14.6. The van der Waals surface area contributed by atoms with E-state index in [1.165, 1.54) is 18.7 Å². The van der Waals surface area contributed by atoms with Gasteiger partial charge in [-0.05, 0) is 31.0 Å². The second-order valence-electron chi connectivity index (χ2n) is 9.58. The number of nitrogens with zero attached hydrogens (tertiary/aromatic N) is 2. The molecule has 2 N–H and O–H groups in total. The van der Waals surface area contributed by atoms with Gasteiger partial charge in [0, 0.05) is 25.1 Å². The van der Waals surface area contributed by atoms with E-state index in [1.54, 1.807) is 48.5 Å². The highest BCUT2D eigenvalue weighted by Crippen LogP contribution is 2.46. The Kier molecular flexibility index (Phi) is 6.48. The number of nitrogens with one attached hydrogen (secondary N) is 2. The van der Waals surface area contributed by atoms with Gasteiger partial charge >= 0.3 is 6.09 Å². The van der Waals surface area contributed by atoms with Crippen molar-refractivity contribution in [1.82, 2.24) is 10.2 Å². The first-order valence-electron chi connectivity index (χ1n) is 11.4. The molecule has 2 aromatic rings. The average molecular weight is 479 g/mol. The van der Waals surface area contributed by atoms with Crippen molar-refractivity contribution in [1.29, 1.82) is 5.26 Å². The first-order chi connectivity index (χ1) is 16.6. The van der Waals surface area contributed by atoms with Crippen molar-refractivity contribution >= 4 is 23.6 Å². The summed E-state index contributed by atoms with van der Waals surface area (Å²) in [5.41, 5.74) is -0.737. The Morgan fingerprint density at radius 3 is 2.63 bits per heavy atom. The number of nitriles is 1. The maximum Gasteiger partial charge on any atom is 0.408 e. The number of fused-ring (bicyclic) bond motifs is 2. The summed E-state index contributed by atoms with van der Waals surface area (Å²) >= 11 is 0. The summed E-state index contributed by atoms with van der Waals surface area (Å²) in [6.07, 6.45) is -1.08. The largest absolute Gasteiger partial charge is 0.445 e. The summed E-state index contributed by atoms with van der Waals surface area (Å²) in [4.78, 5) is 40.3. The minimum Gasteiger partial charge on any atom is -0.445 e. The van der Waals surface area contributed by atoms with E-state index in [4.69, 9.17) is 4.74 Å². The molecule has 9 heteroatoms. The summed E-state index contributed by atoms with van der Waals surface area (Å²) in [6, 6.07) is 16.1. The summed E-state index contributed by atoms with van der Waals surface area (Å²) in [5.74, 6) is -0.917. The Balaban J connectivity index is 1.54. The third kappa shape index (κ3) is 4.97. The van der Waals surface area contributed by atoms with E-state index in [0.29, 0.717) is 5.69 Å². The van der Waals surface area contributed by atoms with Gasteiger partial charge in [-0.3, -0.25) is 9.59 Å². The van der Waals surface area contributed by atoms with Crippen LogP contribution in [-0.2, 0) is 26.3 Å². The molecule has 2 heterocycles. The van der Waals surface area contributed by atoms with Crippen molar-refractivity contribution in [2.45, 2.75) is 56.5 Å². The lowest BCUT2D eigenvalue weighted by Crippen LogP contribution is -2.52. The van der Waals surface area contributed by atoms with Crippen LogP contribution in [0.25, 0.3) is 0 Å². The number of amides is 3. The quantitative estimate of drug-likeness (QED) is 0.661. The lowest BCUT2D eigenvalue weighted by Gasteiger charge is -2.29. The molecule has 182 valence electrons. The van der Waals surface area contributed by atoms with E-state index in [2.05, 4.69) is 16.7 Å². The summed E-state index contributed by atoms with van der Waals surface area (Å²) in [6.45, 7) is 2.55. The third-order valence-electron chi connectivity index (χ3n) is 6.41. The molecule has 1 saturated heterocycles. The van der Waals surface area contributed by atoms with Crippen LogP contribution in [0, 0.1) is 11.3 Å². The molecule has 0 saturated carbocycles. The monoisotopic (exact) mass is 478 g/mol. The summed E-state index contributed by atoms with van der Waals surface area (Å²) in [7, 11) is 0. The number of alkyl halides is 1. The van der Waals surface area contributed by atoms with Crippen molar-refractivity contribution in [2.24, 2.45) is 0 Å². The molecule has 0 bridgehead atoms. The Labute approximate surface area is 203 Å². The number of ether oxygens (including phenoxy) is 1. The van der Waals surface area contributed by atoms with Crippen LogP contribution in [0.2, 0.25) is 0 Å². The fourth-order valence-corrected chi connectivity index (χ4v) is 4.78. The number of carbonyl (C=O) groups is 3. The number of hydrogen-bond acceptors (Lipinski definition) is 5. The Morgan fingerprint density at radius 1 is 1.26 bits per heavy atom. The zero-order valence-electron chi connectivity index (χ0n) is 19.6. The van der Waals surface area contributed by atoms with Crippen molar-refractivity contribution in [3.05, 3.63) is 65.7 Å². The predicted octanol–water partition coefficient (Wildman–Crippen LogP) is 3.43. The second kappa shape index (κ2) is 9.37. The molecule has 1 unspecified atom stereocenters. The van der Waals surface area contributed by atoms with Gasteiger partial charge in [-0.2, -0.15) is 5.26 Å². The molecule has 3 atom stereocenters. The van der Waals surface area contributed by atoms with Crippen molar-refractivity contribution in [3.63, 3.8) is 0 Å². The summed E-state index contributed by atoms with van der Waals surface area (Å²) < 4.78 is 19.9. The van der Waals surface area contributed by atoms with Crippen molar-refractivity contribution in [2.75, 3.05) is 11.9 Å². The predicted molar refractivity (Wildman–Crippen MR) is 126 cm³/mol. The van der Waals surface area contributed by atoms with Gasteiger partial charge in [-0.1, -0.05) is 48.5 Å². The highest BCUT2D eigenvalue weighted by Gasteiger charge is 2.56. The number of benzene rings is 2. The van der Waals surface area contributed by atoms with E-state index >= 15 is 0 Å². The SMILES string of the molecule is CC(C)(F)CC(NC(=O)OCc1ccccc1)C(=O)N1C[C@]2(C[C@H]1C#N)C(=O)Nc1ccccc12. The van der Waals surface area contributed by atoms with Gasteiger partial charge < -0.3 is 20.3 Å². The van der Waals surface area contributed by atoms with Gasteiger partial charge in [0.1, 0.15) is 24.4 Å². The van der Waals surface area contributed by atoms with Crippen LogP contribution in [0.5, 0.6) is 0 Å². The molecular weight excluding hydrogens is 451 g/mol. The average Bonchev–Trinajstić information content (AvgIpc) is 3.35. The van der Waals surface area contributed by atoms with Gasteiger partial charge in [0.05, 0.1) is 11.5 Å². The minimum atomic E-state index is -1.79. The zero-order chi connectivity index (χ0) is 25.2. The first-order valence-corrected chi connectivity index (χ1v) is 11.4. The topological polar surface area (TPSA) is 112 Å². The van der Waals surface area contributed by atoms with E-state index in [0.717, 1.165) is 11.1 Å². The molecule has 0 aromatic heterocycles. The number of likely N-dealkylation sites (tertiary alicyclic amines) is 1. The number of halogens is 1. The molecule has 2 aliphatic rings. The Bertz CT molecular complexity index is 1170. The second-order valence-corrected chi connectivity index (χ2v) is 9.58. The minimum absolute atomic E-state index is 0.0167. The number of alkyl carbamates (subject to hydrolysis) is 1. The van der Waals surface area contributed by atoms with Crippen LogP contribution in [0.3, 0.4) is 0 Å². The maximum absolute atomic E-state index is 14.6. The van der Waals surface area contributed by atoms with E-state index < -0.39 is 35.2 Å². The van der Waals surface area contributed by atoms with E-state index in [-0.39, 0.29) is 31.9 Å². The summed E-state index contributed by atoms with van der Waals surface area (Å²) in [5, 5.41) is 15.1. The molecule has 4 rings (SSSR count). The highest BCUT2D eigenvalue weighted by atomic mass is 19.1. The molecule has 3 amide bonds. The van der Waals surface area contributed by atoms with Crippen molar-refractivity contribution in [3.8, 4) is 6.07 Å². The lowest BCUT2D eigenvalue weighted by molar-refractivity contribution is -0.134. The van der Waals surface area contributed by atoms with Crippen molar-refractivity contribution < 1.29 is 23.5 Å². The highest BCUT2D eigenvalue weighted by molar-refractivity contribution is 6.07. The van der Waals surface area contributed by atoms with Gasteiger partial charge in [-0.25, -0.2) is 9.18 Å². The van der Waals surface area contributed by atoms with Crippen LogP contribution >= 0.6 is 0 Å². The van der Waals surface area contributed by atoms with Gasteiger partial charge in [-0.15, -0.1) is 0 Å². The van der Waals surface area contributed by atoms with Gasteiger partial charge in [0.25, 0.3) is 0 Å². The van der Waals surface area contributed by atoms with E-state index in [9.17, 15) is 24.0 Å². The molecule has 2 aliphatic heterocycles. The van der Waals surface area contributed by atoms with Crippen LogP contribution in [0.15, 0.2) is 54.6 Å². The zero-order valence-corrected chi connectivity index (χ0v) is 19.6. The van der Waals surface area contributed by atoms with Crippen LogP contribution in [-0.4, -0.2) is 47.1 Å². The number of rotatable bonds is 6. The number of carbonyl (C=O) groups excluding carboxylic acids is 3. The smallest absolute Gasteiger partial charge is 0.408 e. The first kappa shape index (κ1) is 24.2. The van der Waals surface area contributed by atoms with E-state index in [1.807, 2.05) is 6.07 Å². The molecule has 0 radical (unpaired) electrons.